The van der Waals surface area contributed by atoms with Gasteiger partial charge in [0, 0.05) is 6.07 Å². The van der Waals surface area contributed by atoms with E-state index in [-0.39, 0.29) is 17.1 Å². The van der Waals surface area contributed by atoms with Crippen LogP contribution in [-0.2, 0) is 0 Å². The number of aromatic hydroxyl groups is 1. The second-order valence-corrected chi connectivity index (χ2v) is 3.33. The Morgan fingerprint density at radius 1 is 1.43 bits per heavy atom. The van der Waals surface area contributed by atoms with Gasteiger partial charge in [-0.3, -0.25) is 4.79 Å². The molecule has 1 rings (SSSR count). The van der Waals surface area contributed by atoms with Crippen molar-refractivity contribution in [2.24, 2.45) is 0 Å². The van der Waals surface area contributed by atoms with Crippen molar-refractivity contribution < 1.29 is 19.4 Å². The molecule has 1 aromatic carbocycles. The van der Waals surface area contributed by atoms with E-state index in [1.54, 1.807) is 0 Å². The second-order valence-electron chi connectivity index (χ2n) is 2.47. The van der Waals surface area contributed by atoms with Gasteiger partial charge in [0.1, 0.15) is 11.3 Å². The van der Waals surface area contributed by atoms with Crippen LogP contribution in [-0.4, -0.2) is 25.6 Å². The molecule has 0 saturated heterocycles. The van der Waals surface area contributed by atoms with Crippen molar-refractivity contribution in [1.29, 1.82) is 0 Å². The molecule has 0 fully saturated rings. The first-order chi connectivity index (χ1) is 6.65. The number of hydrogen-bond acceptors (Lipinski definition) is 4. The van der Waals surface area contributed by atoms with Gasteiger partial charge < -0.3 is 14.6 Å². The molecule has 0 heterocycles. The van der Waals surface area contributed by atoms with Crippen LogP contribution >= 0.6 is 15.9 Å². The van der Waals surface area contributed by atoms with Gasteiger partial charge in [-0.2, -0.15) is 0 Å². The predicted octanol–water partition coefficient (Wildman–Crippen LogP) is 1.98. The molecule has 0 spiro atoms. The fourth-order valence-electron chi connectivity index (χ4n) is 1.09. The minimum Gasteiger partial charge on any atom is -0.506 e. The molecule has 0 aliphatic rings. The standard InChI is InChI=1S/C9H9BrO4/c1-13-7-3-6(10)8(12)5(4-11)9(7)14-2/h3-4,12H,1-2H3. The Morgan fingerprint density at radius 2 is 2.07 bits per heavy atom. The van der Waals surface area contributed by atoms with Gasteiger partial charge in [-0.15, -0.1) is 0 Å². The average molecular weight is 261 g/mol. The summed E-state index contributed by atoms with van der Waals surface area (Å²) in [5.74, 6) is 0.458. The predicted molar refractivity (Wildman–Crippen MR) is 54.3 cm³/mol. The number of ether oxygens (including phenoxy) is 2. The van der Waals surface area contributed by atoms with E-state index < -0.39 is 0 Å². The summed E-state index contributed by atoms with van der Waals surface area (Å²) >= 11 is 3.10. The molecule has 0 aliphatic carbocycles. The zero-order valence-electron chi connectivity index (χ0n) is 7.70. The third-order valence-corrected chi connectivity index (χ3v) is 2.35. The minimum absolute atomic E-state index is 0.0683. The number of rotatable bonds is 3. The topological polar surface area (TPSA) is 55.8 Å². The highest BCUT2D eigenvalue weighted by atomic mass is 79.9. The van der Waals surface area contributed by atoms with E-state index in [9.17, 15) is 9.90 Å². The number of hydrogen-bond donors (Lipinski definition) is 1. The zero-order chi connectivity index (χ0) is 10.7. The zero-order valence-corrected chi connectivity index (χ0v) is 9.29. The summed E-state index contributed by atoms with van der Waals surface area (Å²) in [7, 11) is 2.86. The summed E-state index contributed by atoms with van der Waals surface area (Å²) in [5, 5.41) is 9.52. The van der Waals surface area contributed by atoms with Crippen LogP contribution in [0.25, 0.3) is 0 Å². The summed E-state index contributed by atoms with van der Waals surface area (Å²) in [6.45, 7) is 0. The van der Waals surface area contributed by atoms with Crippen LogP contribution in [0.15, 0.2) is 10.5 Å². The summed E-state index contributed by atoms with van der Waals surface area (Å²) in [6, 6.07) is 1.53. The highest BCUT2D eigenvalue weighted by Gasteiger charge is 2.17. The van der Waals surface area contributed by atoms with Crippen LogP contribution < -0.4 is 9.47 Å². The number of methoxy groups -OCH3 is 2. The van der Waals surface area contributed by atoms with E-state index in [1.807, 2.05) is 0 Å². The maximum Gasteiger partial charge on any atom is 0.175 e. The molecular weight excluding hydrogens is 252 g/mol. The van der Waals surface area contributed by atoms with Crippen molar-refractivity contribution in [3.8, 4) is 17.2 Å². The first-order valence-electron chi connectivity index (χ1n) is 3.74. The van der Waals surface area contributed by atoms with Crippen molar-refractivity contribution in [2.45, 2.75) is 0 Å². The molecule has 0 atom stereocenters. The van der Waals surface area contributed by atoms with E-state index >= 15 is 0 Å². The maximum atomic E-state index is 10.7. The number of carbonyl (C=O) groups is 1. The van der Waals surface area contributed by atoms with E-state index in [0.717, 1.165) is 0 Å². The fraction of sp³-hybridized carbons (Fsp3) is 0.222. The largest absolute Gasteiger partial charge is 0.506 e. The van der Waals surface area contributed by atoms with E-state index in [1.165, 1.54) is 20.3 Å². The van der Waals surface area contributed by atoms with E-state index in [2.05, 4.69) is 15.9 Å². The number of halogens is 1. The molecule has 4 nitrogen and oxygen atoms in total. The van der Waals surface area contributed by atoms with E-state index in [4.69, 9.17) is 9.47 Å². The fourth-order valence-corrected chi connectivity index (χ4v) is 1.51. The normalized spacial score (nSPS) is 9.64. The summed E-state index contributed by atoms with van der Waals surface area (Å²) in [6.07, 6.45) is 0.515. The lowest BCUT2D eigenvalue weighted by Gasteiger charge is -2.11. The molecule has 14 heavy (non-hydrogen) atoms. The Labute approximate surface area is 89.6 Å². The lowest BCUT2D eigenvalue weighted by Crippen LogP contribution is -1.96. The molecule has 1 N–H and O–H groups in total. The average Bonchev–Trinajstić information content (AvgIpc) is 2.20. The monoisotopic (exact) mass is 260 g/mol. The quantitative estimate of drug-likeness (QED) is 0.845. The first-order valence-corrected chi connectivity index (χ1v) is 4.53. The maximum absolute atomic E-state index is 10.7. The summed E-state index contributed by atoms with van der Waals surface area (Å²) < 4.78 is 10.3. The van der Waals surface area contributed by atoms with Gasteiger partial charge in [0.2, 0.25) is 0 Å². The van der Waals surface area contributed by atoms with Crippen molar-refractivity contribution in [1.82, 2.24) is 0 Å². The molecule has 0 saturated carbocycles. The van der Waals surface area contributed by atoms with Crippen molar-refractivity contribution in [3.05, 3.63) is 16.1 Å². The molecule has 0 unspecified atom stereocenters. The molecule has 0 aliphatic heterocycles. The van der Waals surface area contributed by atoms with Gasteiger partial charge in [-0.25, -0.2) is 0 Å². The van der Waals surface area contributed by atoms with Crippen LogP contribution in [0.1, 0.15) is 10.4 Å². The summed E-state index contributed by atoms with van der Waals surface area (Å²) in [5.41, 5.74) is 0.0683. The first kappa shape index (κ1) is 10.8. The van der Waals surface area contributed by atoms with Gasteiger partial charge >= 0.3 is 0 Å². The Kier molecular flexibility index (Phi) is 3.35. The van der Waals surface area contributed by atoms with Crippen molar-refractivity contribution in [2.75, 3.05) is 14.2 Å². The smallest absolute Gasteiger partial charge is 0.175 e. The lowest BCUT2D eigenvalue weighted by molar-refractivity contribution is 0.111. The molecule has 0 amide bonds. The number of phenolic OH excluding ortho intramolecular Hbond substituents is 1. The highest BCUT2D eigenvalue weighted by Crippen LogP contribution is 2.40. The van der Waals surface area contributed by atoms with E-state index in [0.29, 0.717) is 16.5 Å². The molecule has 0 radical (unpaired) electrons. The molecule has 0 bridgehead atoms. The van der Waals surface area contributed by atoms with Gasteiger partial charge in [-0.05, 0) is 15.9 Å². The van der Waals surface area contributed by atoms with Gasteiger partial charge in [0.15, 0.2) is 17.8 Å². The summed E-state index contributed by atoms with van der Waals surface area (Å²) in [4.78, 5) is 10.7. The SMILES string of the molecule is COc1cc(Br)c(O)c(C=O)c1OC. The van der Waals surface area contributed by atoms with Gasteiger partial charge in [-0.1, -0.05) is 0 Å². The number of phenols is 1. The van der Waals surface area contributed by atoms with Gasteiger partial charge in [0.25, 0.3) is 0 Å². The van der Waals surface area contributed by atoms with Crippen molar-refractivity contribution >= 4 is 22.2 Å². The lowest BCUT2D eigenvalue weighted by atomic mass is 10.2. The molecule has 5 heteroatoms. The number of aldehydes is 1. The Bertz CT molecular complexity index is 362. The van der Waals surface area contributed by atoms with Crippen LogP contribution in [0, 0.1) is 0 Å². The Hall–Kier alpha value is -1.23. The molecule has 1 aromatic rings. The highest BCUT2D eigenvalue weighted by molar-refractivity contribution is 9.10. The second kappa shape index (κ2) is 4.32. The number of carbonyl (C=O) groups excluding carboxylic acids is 1. The number of benzene rings is 1. The van der Waals surface area contributed by atoms with Crippen LogP contribution in [0.4, 0.5) is 0 Å². The van der Waals surface area contributed by atoms with Crippen molar-refractivity contribution in [3.63, 3.8) is 0 Å². The molecular formula is C9H9BrO4. The molecule has 76 valence electrons. The van der Waals surface area contributed by atoms with Crippen LogP contribution in [0.3, 0.4) is 0 Å². The Morgan fingerprint density at radius 3 is 2.50 bits per heavy atom. The third kappa shape index (κ3) is 1.68. The Balaban J connectivity index is 3.49. The van der Waals surface area contributed by atoms with Gasteiger partial charge in [0.05, 0.1) is 18.7 Å². The molecule has 0 aromatic heterocycles. The van der Waals surface area contributed by atoms with Crippen LogP contribution in [0.2, 0.25) is 0 Å². The third-order valence-electron chi connectivity index (χ3n) is 1.75. The van der Waals surface area contributed by atoms with Crippen LogP contribution in [0.5, 0.6) is 17.2 Å². The minimum atomic E-state index is -0.155.